The molecule has 0 aliphatic heterocycles. The van der Waals surface area contributed by atoms with Crippen LogP contribution < -0.4 is 0 Å². The van der Waals surface area contributed by atoms with Crippen LogP contribution >= 0.6 is 0 Å². The summed E-state index contributed by atoms with van der Waals surface area (Å²) < 4.78 is 0. The van der Waals surface area contributed by atoms with Crippen LogP contribution in [-0.2, 0) is 36.2 Å². The van der Waals surface area contributed by atoms with Crippen molar-refractivity contribution in [2.75, 3.05) is 39.3 Å². The van der Waals surface area contributed by atoms with Crippen LogP contribution in [0.25, 0.3) is 0 Å². The van der Waals surface area contributed by atoms with Crippen LogP contribution in [0.15, 0.2) is 0 Å². The quantitative estimate of drug-likeness (QED) is 0.275. The maximum absolute atomic E-state index is 10.6. The number of rotatable bonds is 11. The minimum absolute atomic E-state index is 0. The third kappa shape index (κ3) is 16.3. The van der Waals surface area contributed by atoms with E-state index in [0.29, 0.717) is 0 Å². The van der Waals surface area contributed by atoms with Gasteiger partial charge in [-0.3, -0.25) is 29.0 Å². The van der Waals surface area contributed by atoms with E-state index in [1.807, 2.05) is 0 Å². The summed E-state index contributed by atoms with van der Waals surface area (Å²) >= 11 is 0. The Labute approximate surface area is 179 Å². The Hall–Kier alpha value is -0.0442. The third-order valence-electron chi connectivity index (χ3n) is 2.17. The SMILES string of the molecule is O=C(O)CN(CCN(CC(=O)O)CC(=O)O)CC(=O)O.[KH].[Mn]. The Kier molecular flexibility index (Phi) is 17.7. The average Bonchev–Trinajstić information content (AvgIpc) is 2.22. The number of hydrogen-bond acceptors (Lipinski definition) is 6. The molecular formula is C10H17KMnN2O8. The molecule has 0 aromatic heterocycles. The van der Waals surface area contributed by atoms with Crippen molar-refractivity contribution in [3.8, 4) is 0 Å². The Balaban J connectivity index is -0.00000180. The van der Waals surface area contributed by atoms with E-state index in [-0.39, 0.29) is 81.5 Å². The first-order valence-corrected chi connectivity index (χ1v) is 5.52. The summed E-state index contributed by atoms with van der Waals surface area (Å²) in [5, 5.41) is 34.5. The Morgan fingerprint density at radius 3 is 0.909 bits per heavy atom. The molecule has 0 spiro atoms. The van der Waals surface area contributed by atoms with Crippen LogP contribution in [0, 0.1) is 0 Å². The number of carbonyl (C=O) groups is 4. The maximum Gasteiger partial charge on any atom is 0 e. The van der Waals surface area contributed by atoms with Crippen LogP contribution in [0.4, 0.5) is 0 Å². The summed E-state index contributed by atoms with van der Waals surface area (Å²) in [6.45, 7) is -2.25. The fourth-order valence-electron chi connectivity index (χ4n) is 1.48. The van der Waals surface area contributed by atoms with Gasteiger partial charge in [-0.2, -0.15) is 0 Å². The predicted octanol–water partition coefficient (Wildman–Crippen LogP) is -2.72. The zero-order valence-corrected chi connectivity index (χ0v) is 12.1. The van der Waals surface area contributed by atoms with Crippen LogP contribution in [0.2, 0.25) is 0 Å². The summed E-state index contributed by atoms with van der Waals surface area (Å²) in [6, 6.07) is 0. The molecule has 0 fully saturated rings. The van der Waals surface area contributed by atoms with E-state index in [2.05, 4.69) is 0 Å². The van der Waals surface area contributed by atoms with E-state index in [1.54, 1.807) is 0 Å². The van der Waals surface area contributed by atoms with E-state index >= 15 is 0 Å². The monoisotopic (exact) mass is 387 g/mol. The molecule has 123 valence electrons. The Bertz CT molecular complexity index is 327. The molecule has 0 amide bonds. The molecule has 0 aromatic rings. The molecule has 0 saturated heterocycles. The molecule has 0 aliphatic carbocycles. The molecular weight excluding hydrogens is 370 g/mol. The minimum atomic E-state index is -1.23. The zero-order chi connectivity index (χ0) is 15.7. The molecule has 22 heavy (non-hydrogen) atoms. The third-order valence-corrected chi connectivity index (χ3v) is 2.17. The molecule has 1 radical (unpaired) electrons. The van der Waals surface area contributed by atoms with Crippen molar-refractivity contribution in [3.63, 3.8) is 0 Å². The molecule has 0 rings (SSSR count). The van der Waals surface area contributed by atoms with Crippen LogP contribution in [0.1, 0.15) is 0 Å². The van der Waals surface area contributed by atoms with Gasteiger partial charge >= 0.3 is 75.3 Å². The van der Waals surface area contributed by atoms with Gasteiger partial charge in [-0.1, -0.05) is 0 Å². The van der Waals surface area contributed by atoms with Gasteiger partial charge in [-0.25, -0.2) is 0 Å². The Morgan fingerprint density at radius 1 is 0.591 bits per heavy atom. The second kappa shape index (κ2) is 14.5. The van der Waals surface area contributed by atoms with Crippen LogP contribution in [0.3, 0.4) is 0 Å². The van der Waals surface area contributed by atoms with Crippen molar-refractivity contribution in [1.29, 1.82) is 0 Å². The predicted molar refractivity (Wildman–Crippen MR) is 70.6 cm³/mol. The van der Waals surface area contributed by atoms with Crippen LogP contribution in [-0.4, -0.2) is 145 Å². The number of hydrogen-bond donors (Lipinski definition) is 4. The first-order valence-electron chi connectivity index (χ1n) is 5.52. The molecule has 0 bridgehead atoms. The van der Waals surface area contributed by atoms with Gasteiger partial charge in [-0.15, -0.1) is 0 Å². The van der Waals surface area contributed by atoms with Crippen molar-refractivity contribution >= 4 is 75.3 Å². The van der Waals surface area contributed by atoms with E-state index in [1.165, 1.54) is 0 Å². The van der Waals surface area contributed by atoms with Gasteiger partial charge in [0, 0.05) is 30.2 Å². The first-order chi connectivity index (χ1) is 9.20. The van der Waals surface area contributed by atoms with Crippen molar-refractivity contribution < 1.29 is 56.7 Å². The molecule has 0 heterocycles. The standard InChI is InChI=1S/C10H16N2O8.K.Mn.H/c13-7(14)3-11(4-8(15)16)1-2-12(5-9(17)18)6-10(19)20;;;/h1-6H2,(H,13,14)(H,15,16)(H,17,18)(H,19,20);;;. The summed E-state index contributed by atoms with van der Waals surface area (Å²) in [4.78, 5) is 44.4. The zero-order valence-electron chi connectivity index (χ0n) is 10.9. The summed E-state index contributed by atoms with van der Waals surface area (Å²) in [6.07, 6.45) is 0. The van der Waals surface area contributed by atoms with Gasteiger partial charge in [0.25, 0.3) is 0 Å². The molecule has 0 unspecified atom stereocenters. The van der Waals surface area contributed by atoms with Crippen molar-refractivity contribution in [3.05, 3.63) is 0 Å². The summed E-state index contributed by atoms with van der Waals surface area (Å²) in [7, 11) is 0. The second-order valence-corrected chi connectivity index (χ2v) is 4.00. The fraction of sp³-hybridized carbons (Fsp3) is 0.600. The van der Waals surface area contributed by atoms with Gasteiger partial charge < -0.3 is 20.4 Å². The first kappa shape index (κ1) is 26.8. The molecule has 0 atom stereocenters. The van der Waals surface area contributed by atoms with E-state index in [9.17, 15) is 19.2 Å². The normalized spacial score (nSPS) is 9.73. The smallest absolute Gasteiger partial charge is 0 e. The number of nitrogens with zero attached hydrogens (tertiary/aromatic N) is 2. The number of carboxylic acid groups (broad SMARTS) is 4. The Morgan fingerprint density at radius 2 is 0.773 bits per heavy atom. The molecule has 10 nitrogen and oxygen atoms in total. The molecule has 0 saturated carbocycles. The van der Waals surface area contributed by atoms with Crippen molar-refractivity contribution in [2.45, 2.75) is 0 Å². The van der Waals surface area contributed by atoms with E-state index in [4.69, 9.17) is 20.4 Å². The van der Waals surface area contributed by atoms with Gasteiger partial charge in [0.2, 0.25) is 0 Å². The summed E-state index contributed by atoms with van der Waals surface area (Å²) in [5.74, 6) is -4.91. The maximum atomic E-state index is 10.6. The largest absolute Gasteiger partial charge is 0 e. The molecule has 4 N–H and O–H groups in total. The van der Waals surface area contributed by atoms with Gasteiger partial charge in [-0.05, 0) is 0 Å². The number of carboxylic acids is 4. The second-order valence-electron chi connectivity index (χ2n) is 4.00. The van der Waals surface area contributed by atoms with Crippen molar-refractivity contribution in [1.82, 2.24) is 9.80 Å². The minimum Gasteiger partial charge on any atom is 0 e. The topological polar surface area (TPSA) is 156 Å². The number of aliphatic carboxylic acids is 4. The van der Waals surface area contributed by atoms with E-state index < -0.39 is 50.1 Å². The van der Waals surface area contributed by atoms with Crippen molar-refractivity contribution in [2.24, 2.45) is 0 Å². The molecule has 12 heteroatoms. The molecule has 0 aliphatic rings. The summed E-state index contributed by atoms with van der Waals surface area (Å²) in [5.41, 5.74) is 0. The fourth-order valence-corrected chi connectivity index (χ4v) is 1.48. The van der Waals surface area contributed by atoms with Gasteiger partial charge in [0.05, 0.1) is 26.2 Å². The van der Waals surface area contributed by atoms with E-state index in [0.717, 1.165) is 9.80 Å². The average molecular weight is 387 g/mol. The molecule has 0 aromatic carbocycles. The van der Waals surface area contributed by atoms with Crippen LogP contribution in [0.5, 0.6) is 0 Å². The van der Waals surface area contributed by atoms with Gasteiger partial charge in [0.15, 0.2) is 0 Å². The van der Waals surface area contributed by atoms with Gasteiger partial charge in [0.1, 0.15) is 0 Å².